The van der Waals surface area contributed by atoms with Crippen molar-refractivity contribution in [3.8, 4) is 0 Å². The average Bonchev–Trinajstić information content (AvgIpc) is 3.27. The predicted molar refractivity (Wildman–Crippen MR) is 108 cm³/mol. The summed E-state index contributed by atoms with van der Waals surface area (Å²) in [5, 5.41) is 10.6. The maximum atomic E-state index is 13.2. The molecule has 0 radical (unpaired) electrons. The van der Waals surface area contributed by atoms with Gasteiger partial charge in [-0.05, 0) is 99.7 Å². The van der Waals surface area contributed by atoms with E-state index in [-0.39, 0.29) is 11.3 Å². The molecule has 154 valence electrons. The molecule has 0 bridgehead atoms. The van der Waals surface area contributed by atoms with E-state index in [1.54, 1.807) is 12.5 Å². The van der Waals surface area contributed by atoms with E-state index >= 15 is 0 Å². The molecule has 4 aliphatic carbocycles. The Morgan fingerprint density at radius 2 is 1.89 bits per heavy atom. The van der Waals surface area contributed by atoms with E-state index in [1.165, 1.54) is 38.5 Å². The molecule has 4 fully saturated rings. The molecule has 0 amide bonds. The molecule has 0 aromatic carbocycles. The van der Waals surface area contributed by atoms with Crippen molar-refractivity contribution in [2.75, 3.05) is 0 Å². The molecule has 0 saturated heterocycles. The quantitative estimate of drug-likeness (QED) is 0.836. The summed E-state index contributed by atoms with van der Waals surface area (Å²) in [6, 6.07) is 0. The van der Waals surface area contributed by atoms with Gasteiger partial charge in [0.05, 0.1) is 18.5 Å². The SMILES string of the molecule is C[C@@]1(O)CC[C@H]2[C@H](CCC3[C@@H]2CC[C@]2(C)[C@@H](C(=O)Cn4ccnc4)CC[C@@H]32)C1. The molecule has 1 aromatic rings. The third-order valence-electron chi connectivity index (χ3n) is 9.52. The van der Waals surface area contributed by atoms with Crippen LogP contribution in [0.2, 0.25) is 0 Å². The lowest BCUT2D eigenvalue weighted by Gasteiger charge is -2.56. The van der Waals surface area contributed by atoms with E-state index in [0.29, 0.717) is 12.3 Å². The van der Waals surface area contributed by atoms with E-state index in [0.717, 1.165) is 48.9 Å². The van der Waals surface area contributed by atoms with Crippen LogP contribution in [0.5, 0.6) is 0 Å². The second kappa shape index (κ2) is 6.68. The van der Waals surface area contributed by atoms with Gasteiger partial charge < -0.3 is 9.67 Å². The zero-order valence-electron chi connectivity index (χ0n) is 17.5. The number of carbonyl (C=O) groups is 1. The Balaban J connectivity index is 1.32. The number of fused-ring (bicyclic) bond motifs is 5. The lowest BCUT2D eigenvalue weighted by Crippen LogP contribution is -2.51. The highest BCUT2D eigenvalue weighted by Crippen LogP contribution is 2.64. The summed E-state index contributed by atoms with van der Waals surface area (Å²) in [5.74, 6) is 4.59. The van der Waals surface area contributed by atoms with Crippen LogP contribution >= 0.6 is 0 Å². The predicted octanol–water partition coefficient (Wildman–Crippen LogP) is 4.47. The Labute approximate surface area is 169 Å². The molecule has 1 heterocycles. The van der Waals surface area contributed by atoms with Gasteiger partial charge in [0.25, 0.3) is 0 Å². The lowest BCUT2D eigenvalue weighted by molar-refractivity contribution is -0.132. The highest BCUT2D eigenvalue weighted by molar-refractivity contribution is 5.82. The number of ketones is 1. The number of hydrogen-bond acceptors (Lipinski definition) is 3. The maximum absolute atomic E-state index is 13.2. The van der Waals surface area contributed by atoms with Crippen LogP contribution in [0, 0.1) is 40.9 Å². The van der Waals surface area contributed by atoms with Crippen molar-refractivity contribution in [3.63, 3.8) is 0 Å². The van der Waals surface area contributed by atoms with Gasteiger partial charge in [0.15, 0.2) is 5.78 Å². The van der Waals surface area contributed by atoms with Crippen LogP contribution < -0.4 is 0 Å². The lowest BCUT2D eigenvalue weighted by atomic mass is 9.49. The van der Waals surface area contributed by atoms with Gasteiger partial charge in [-0.25, -0.2) is 4.98 Å². The summed E-state index contributed by atoms with van der Waals surface area (Å²) >= 11 is 0. The van der Waals surface area contributed by atoms with Gasteiger partial charge in [0.2, 0.25) is 0 Å². The number of rotatable bonds is 3. The van der Waals surface area contributed by atoms with Crippen molar-refractivity contribution >= 4 is 5.78 Å². The summed E-state index contributed by atoms with van der Waals surface area (Å²) in [7, 11) is 0. The van der Waals surface area contributed by atoms with Crippen molar-refractivity contribution in [1.29, 1.82) is 0 Å². The monoisotopic (exact) mass is 384 g/mol. The number of nitrogens with zero attached hydrogens (tertiary/aromatic N) is 2. The smallest absolute Gasteiger partial charge is 0.156 e. The molecule has 1 N–H and O–H groups in total. The number of aliphatic hydroxyl groups is 1. The summed E-state index contributed by atoms with van der Waals surface area (Å²) in [6.45, 7) is 4.97. The molecule has 4 aliphatic rings. The molecular formula is C24H36N2O2. The van der Waals surface area contributed by atoms with Crippen LogP contribution in [0.1, 0.15) is 71.6 Å². The zero-order valence-corrected chi connectivity index (χ0v) is 17.5. The topological polar surface area (TPSA) is 55.1 Å². The summed E-state index contributed by atoms with van der Waals surface area (Å²) in [5.41, 5.74) is -0.235. The maximum Gasteiger partial charge on any atom is 0.156 e. The van der Waals surface area contributed by atoms with Gasteiger partial charge in [0, 0.05) is 18.3 Å². The summed E-state index contributed by atoms with van der Waals surface area (Å²) in [6.07, 6.45) is 16.1. The molecular weight excluding hydrogens is 348 g/mol. The fraction of sp³-hybridized carbons (Fsp3) is 0.833. The van der Waals surface area contributed by atoms with E-state index in [1.807, 2.05) is 17.7 Å². The van der Waals surface area contributed by atoms with Crippen LogP contribution in [0.3, 0.4) is 0 Å². The number of hydrogen-bond donors (Lipinski definition) is 1. The normalized spacial score (nSPS) is 47.8. The van der Waals surface area contributed by atoms with Crippen molar-refractivity contribution in [2.24, 2.45) is 40.9 Å². The first-order valence-electron chi connectivity index (χ1n) is 11.6. The number of carbonyl (C=O) groups excluding carboxylic acids is 1. The molecule has 8 atom stereocenters. The Morgan fingerprint density at radius 3 is 2.68 bits per heavy atom. The van der Waals surface area contributed by atoms with E-state index in [4.69, 9.17) is 0 Å². The first kappa shape index (κ1) is 18.8. The molecule has 4 heteroatoms. The number of imidazole rings is 1. The Kier molecular flexibility index (Phi) is 4.50. The van der Waals surface area contributed by atoms with Crippen molar-refractivity contribution < 1.29 is 9.90 Å². The van der Waals surface area contributed by atoms with Gasteiger partial charge in [0.1, 0.15) is 0 Å². The molecule has 4 nitrogen and oxygen atoms in total. The third kappa shape index (κ3) is 2.98. The second-order valence-corrected chi connectivity index (χ2v) is 11.1. The fourth-order valence-corrected chi connectivity index (χ4v) is 8.28. The fourth-order valence-electron chi connectivity index (χ4n) is 8.28. The first-order chi connectivity index (χ1) is 13.4. The second-order valence-electron chi connectivity index (χ2n) is 11.1. The molecule has 4 saturated carbocycles. The summed E-state index contributed by atoms with van der Waals surface area (Å²) in [4.78, 5) is 17.3. The van der Waals surface area contributed by atoms with Crippen LogP contribution in [0.4, 0.5) is 0 Å². The third-order valence-corrected chi connectivity index (χ3v) is 9.52. The van der Waals surface area contributed by atoms with E-state index in [9.17, 15) is 9.90 Å². The molecule has 5 rings (SSSR count). The molecule has 28 heavy (non-hydrogen) atoms. The molecule has 1 unspecified atom stereocenters. The van der Waals surface area contributed by atoms with Gasteiger partial charge >= 0.3 is 0 Å². The minimum absolute atomic E-state index is 0.200. The van der Waals surface area contributed by atoms with Gasteiger partial charge in [-0.1, -0.05) is 6.92 Å². The average molecular weight is 385 g/mol. The molecule has 0 spiro atoms. The van der Waals surface area contributed by atoms with Gasteiger partial charge in [-0.3, -0.25) is 4.79 Å². The highest BCUT2D eigenvalue weighted by atomic mass is 16.3. The van der Waals surface area contributed by atoms with Gasteiger partial charge in [-0.15, -0.1) is 0 Å². The summed E-state index contributed by atoms with van der Waals surface area (Å²) < 4.78 is 1.93. The van der Waals surface area contributed by atoms with Crippen LogP contribution in [-0.4, -0.2) is 26.0 Å². The minimum atomic E-state index is -0.435. The molecule has 1 aromatic heterocycles. The molecule has 0 aliphatic heterocycles. The standard InChI is InChI=1S/C24H36N2O2/c1-23(28)9-7-17-16(13-23)3-4-19-18(17)8-10-24(2)20(19)5-6-21(24)22(27)14-26-12-11-25-15-26/h11-12,15-21,28H,3-10,13-14H2,1-2H3/t16-,17+,18-,19?,20+,21-,23-,24+/m1/s1. The largest absolute Gasteiger partial charge is 0.390 e. The van der Waals surface area contributed by atoms with Crippen molar-refractivity contribution in [2.45, 2.75) is 83.8 Å². The van der Waals surface area contributed by atoms with Crippen molar-refractivity contribution in [3.05, 3.63) is 18.7 Å². The number of aromatic nitrogens is 2. The minimum Gasteiger partial charge on any atom is -0.390 e. The van der Waals surface area contributed by atoms with Gasteiger partial charge in [-0.2, -0.15) is 0 Å². The highest BCUT2D eigenvalue weighted by Gasteiger charge is 2.58. The van der Waals surface area contributed by atoms with E-state index < -0.39 is 5.60 Å². The van der Waals surface area contributed by atoms with Crippen LogP contribution in [0.25, 0.3) is 0 Å². The number of Topliss-reactive ketones (excluding diaryl/α,β-unsaturated/α-hetero) is 1. The zero-order chi connectivity index (χ0) is 19.5. The van der Waals surface area contributed by atoms with Crippen LogP contribution in [-0.2, 0) is 11.3 Å². The van der Waals surface area contributed by atoms with E-state index in [2.05, 4.69) is 11.9 Å². The van der Waals surface area contributed by atoms with Crippen LogP contribution in [0.15, 0.2) is 18.7 Å². The Morgan fingerprint density at radius 1 is 1.07 bits per heavy atom. The van der Waals surface area contributed by atoms with Crippen molar-refractivity contribution in [1.82, 2.24) is 9.55 Å². The first-order valence-corrected chi connectivity index (χ1v) is 11.6. The Bertz CT molecular complexity index is 727. The Hall–Kier alpha value is -1.16.